The molecular weight excluding hydrogens is 376 g/mol. The maximum absolute atomic E-state index is 12.6. The molecule has 0 spiro atoms. The molecule has 0 unspecified atom stereocenters. The third-order valence-electron chi connectivity index (χ3n) is 5.67. The van der Waals surface area contributed by atoms with Gasteiger partial charge in [-0.1, -0.05) is 56.5 Å². The number of hydrogen-bond donors (Lipinski definition) is 0. The molecule has 0 saturated carbocycles. The molecular formula is C26H30O4. The summed E-state index contributed by atoms with van der Waals surface area (Å²) >= 11 is 0. The van der Waals surface area contributed by atoms with Crippen LogP contribution in [-0.4, -0.2) is 11.9 Å². The number of fused-ring (bicyclic) bond motifs is 1. The van der Waals surface area contributed by atoms with Crippen molar-refractivity contribution in [3.8, 4) is 5.75 Å². The third kappa shape index (κ3) is 4.64. The average Bonchev–Trinajstić information content (AvgIpc) is 2.75. The van der Waals surface area contributed by atoms with Gasteiger partial charge >= 0.3 is 5.63 Å². The molecule has 0 N–H and O–H groups in total. The predicted octanol–water partition coefficient (Wildman–Crippen LogP) is 6.18. The summed E-state index contributed by atoms with van der Waals surface area (Å²) in [6.45, 7) is 7.75. The molecule has 4 heteroatoms. The Morgan fingerprint density at radius 1 is 1.00 bits per heavy atom. The summed E-state index contributed by atoms with van der Waals surface area (Å²) < 4.78 is 11.7. The monoisotopic (exact) mass is 406 g/mol. The van der Waals surface area contributed by atoms with Crippen LogP contribution in [0, 0.1) is 13.8 Å². The van der Waals surface area contributed by atoms with E-state index in [1.54, 1.807) is 19.1 Å². The summed E-state index contributed by atoms with van der Waals surface area (Å²) in [5, 5.41) is 0.923. The van der Waals surface area contributed by atoms with E-state index in [1.807, 2.05) is 44.2 Å². The number of hydrogen-bond acceptors (Lipinski definition) is 4. The van der Waals surface area contributed by atoms with Crippen molar-refractivity contribution in [2.24, 2.45) is 0 Å². The van der Waals surface area contributed by atoms with E-state index in [9.17, 15) is 9.59 Å². The fourth-order valence-corrected chi connectivity index (χ4v) is 3.80. The van der Waals surface area contributed by atoms with E-state index in [0.717, 1.165) is 41.3 Å². The molecule has 0 bridgehead atoms. The summed E-state index contributed by atoms with van der Waals surface area (Å²) in [7, 11) is 0. The van der Waals surface area contributed by atoms with Gasteiger partial charge in [0.2, 0.25) is 5.78 Å². The molecule has 0 aliphatic heterocycles. The first kappa shape index (κ1) is 21.8. The molecule has 158 valence electrons. The van der Waals surface area contributed by atoms with Crippen LogP contribution in [0.4, 0.5) is 0 Å². The van der Waals surface area contributed by atoms with Crippen molar-refractivity contribution < 1.29 is 13.9 Å². The number of ether oxygens (including phenoxy) is 1. The summed E-state index contributed by atoms with van der Waals surface area (Å²) in [5.41, 5.74) is 3.34. The number of carbonyl (C=O) groups excluding carboxylic acids is 1. The smallest absolute Gasteiger partial charge is 0.339 e. The van der Waals surface area contributed by atoms with Crippen molar-refractivity contribution in [3.63, 3.8) is 0 Å². The first-order valence-electron chi connectivity index (χ1n) is 10.8. The molecule has 4 nitrogen and oxygen atoms in total. The average molecular weight is 407 g/mol. The van der Waals surface area contributed by atoms with Crippen LogP contribution in [0.3, 0.4) is 0 Å². The molecule has 3 rings (SSSR count). The van der Waals surface area contributed by atoms with Gasteiger partial charge in [-0.3, -0.25) is 4.79 Å². The van der Waals surface area contributed by atoms with E-state index in [-0.39, 0.29) is 11.4 Å². The maximum atomic E-state index is 12.6. The highest BCUT2D eigenvalue weighted by molar-refractivity contribution is 5.99. The van der Waals surface area contributed by atoms with E-state index in [2.05, 4.69) is 6.92 Å². The van der Waals surface area contributed by atoms with E-state index in [1.165, 1.54) is 12.8 Å². The van der Waals surface area contributed by atoms with Crippen LogP contribution in [0.5, 0.6) is 5.75 Å². The minimum atomic E-state index is -0.644. The van der Waals surface area contributed by atoms with Crippen LogP contribution >= 0.6 is 0 Å². The number of benzene rings is 2. The van der Waals surface area contributed by atoms with Crippen LogP contribution < -0.4 is 10.4 Å². The number of ketones is 1. The van der Waals surface area contributed by atoms with Gasteiger partial charge in [0.25, 0.3) is 0 Å². The van der Waals surface area contributed by atoms with Crippen molar-refractivity contribution in [2.75, 3.05) is 0 Å². The van der Waals surface area contributed by atoms with Crippen LogP contribution in [0.2, 0.25) is 0 Å². The Morgan fingerprint density at radius 2 is 1.73 bits per heavy atom. The second-order valence-electron chi connectivity index (χ2n) is 7.86. The van der Waals surface area contributed by atoms with Gasteiger partial charge in [-0.25, -0.2) is 4.79 Å². The maximum Gasteiger partial charge on any atom is 0.339 e. The lowest BCUT2D eigenvalue weighted by Gasteiger charge is -2.17. The number of carbonyl (C=O) groups is 1. The van der Waals surface area contributed by atoms with Gasteiger partial charge in [0, 0.05) is 22.1 Å². The first-order chi connectivity index (χ1) is 14.4. The summed E-state index contributed by atoms with van der Waals surface area (Å²) in [4.78, 5) is 25.3. The Labute approximate surface area is 177 Å². The molecule has 0 amide bonds. The lowest BCUT2D eigenvalue weighted by Crippen LogP contribution is -2.24. The lowest BCUT2D eigenvalue weighted by atomic mass is 9.99. The van der Waals surface area contributed by atoms with Gasteiger partial charge < -0.3 is 9.15 Å². The van der Waals surface area contributed by atoms with E-state index >= 15 is 0 Å². The zero-order valence-corrected chi connectivity index (χ0v) is 18.3. The molecule has 1 atom stereocenters. The van der Waals surface area contributed by atoms with Gasteiger partial charge in [0.15, 0.2) is 6.10 Å². The molecule has 0 radical (unpaired) electrons. The van der Waals surface area contributed by atoms with Crippen molar-refractivity contribution in [1.29, 1.82) is 0 Å². The predicted molar refractivity (Wildman–Crippen MR) is 121 cm³/mol. The molecule has 0 aliphatic rings. The SMILES string of the molecule is CCCCCCc1c(C)c2ccc(O[C@H](C)C(=O)c3ccccc3)c(C)c2oc1=O. The highest BCUT2D eigenvalue weighted by Gasteiger charge is 2.20. The van der Waals surface area contributed by atoms with Crippen LogP contribution in [0.15, 0.2) is 51.7 Å². The second kappa shape index (κ2) is 9.75. The van der Waals surface area contributed by atoms with Gasteiger partial charge in [-0.05, 0) is 51.3 Å². The van der Waals surface area contributed by atoms with Crippen molar-refractivity contribution in [1.82, 2.24) is 0 Å². The van der Waals surface area contributed by atoms with Crippen LogP contribution in [-0.2, 0) is 6.42 Å². The Balaban J connectivity index is 1.87. The minimum absolute atomic E-state index is 0.0878. The molecule has 0 aliphatic carbocycles. The Bertz CT molecular complexity index is 1080. The fourth-order valence-electron chi connectivity index (χ4n) is 3.80. The van der Waals surface area contributed by atoms with E-state index < -0.39 is 6.10 Å². The highest BCUT2D eigenvalue weighted by Crippen LogP contribution is 2.30. The zero-order chi connectivity index (χ0) is 21.7. The number of Topliss-reactive ketones (excluding diaryl/α,β-unsaturated/α-hetero) is 1. The van der Waals surface area contributed by atoms with Crippen molar-refractivity contribution in [3.05, 3.63) is 75.1 Å². The quantitative estimate of drug-likeness (QED) is 0.242. The lowest BCUT2D eigenvalue weighted by molar-refractivity contribution is 0.0817. The number of aryl methyl sites for hydroxylation is 2. The van der Waals surface area contributed by atoms with Crippen molar-refractivity contribution >= 4 is 16.8 Å². The number of rotatable bonds is 9. The standard InChI is InChI=1S/C26H30O4/c1-5-6-7-11-14-22-17(2)21-15-16-23(18(3)25(21)30-26(22)28)29-19(4)24(27)20-12-9-8-10-13-20/h8-10,12-13,15-16,19H,5-7,11,14H2,1-4H3/t19-/m1/s1. The van der Waals surface area contributed by atoms with E-state index in [0.29, 0.717) is 16.9 Å². The second-order valence-corrected chi connectivity index (χ2v) is 7.86. The Kier molecular flexibility index (Phi) is 7.09. The summed E-state index contributed by atoms with van der Waals surface area (Å²) in [6.07, 6.45) is 4.55. The van der Waals surface area contributed by atoms with Gasteiger partial charge in [0.1, 0.15) is 11.3 Å². The third-order valence-corrected chi connectivity index (χ3v) is 5.67. The summed E-state index contributed by atoms with van der Waals surface area (Å²) in [5.74, 6) is 0.465. The molecule has 0 fully saturated rings. The van der Waals surface area contributed by atoms with Gasteiger partial charge in [-0.2, -0.15) is 0 Å². The molecule has 1 heterocycles. The van der Waals surface area contributed by atoms with Crippen molar-refractivity contribution in [2.45, 2.75) is 65.9 Å². The van der Waals surface area contributed by atoms with Gasteiger partial charge in [0.05, 0.1) is 0 Å². The van der Waals surface area contributed by atoms with Crippen LogP contribution in [0.1, 0.15) is 66.6 Å². The molecule has 0 saturated heterocycles. The minimum Gasteiger partial charge on any atom is -0.482 e. The highest BCUT2D eigenvalue weighted by atomic mass is 16.5. The first-order valence-corrected chi connectivity index (χ1v) is 10.8. The zero-order valence-electron chi connectivity index (χ0n) is 18.3. The molecule has 2 aromatic carbocycles. The van der Waals surface area contributed by atoms with E-state index in [4.69, 9.17) is 9.15 Å². The summed E-state index contributed by atoms with van der Waals surface area (Å²) in [6, 6.07) is 12.9. The fraction of sp³-hybridized carbons (Fsp3) is 0.385. The largest absolute Gasteiger partial charge is 0.482 e. The molecule has 1 aromatic heterocycles. The molecule has 30 heavy (non-hydrogen) atoms. The molecule has 3 aromatic rings. The van der Waals surface area contributed by atoms with Crippen LogP contribution in [0.25, 0.3) is 11.0 Å². The topological polar surface area (TPSA) is 56.5 Å². The Morgan fingerprint density at radius 3 is 2.43 bits per heavy atom. The normalized spacial score (nSPS) is 12.1. The van der Waals surface area contributed by atoms with Gasteiger partial charge in [-0.15, -0.1) is 0 Å². The Hall–Kier alpha value is -2.88. The number of unbranched alkanes of at least 4 members (excludes halogenated alkanes) is 3.